The molecule has 0 N–H and O–H groups in total. The molecular formula is C21H19NO6. The standard InChI is InChI=1S/C21H19NO6/c1-10-14-13-16(11-8-6-7-9-12(11)17(13)23)22(3)21(14,2)15(19(24)26-4)18(28-10)20(25)27-5/h6-9H,1-5H3. The molecule has 0 bridgehead atoms. The Morgan fingerprint density at radius 1 is 1.07 bits per heavy atom. The van der Waals surface area contributed by atoms with Crippen molar-refractivity contribution in [3.63, 3.8) is 0 Å². The Morgan fingerprint density at radius 3 is 2.29 bits per heavy atom. The lowest BCUT2D eigenvalue weighted by molar-refractivity contribution is -0.143. The van der Waals surface area contributed by atoms with E-state index in [1.54, 1.807) is 27.0 Å². The number of hydrogen-bond acceptors (Lipinski definition) is 7. The van der Waals surface area contributed by atoms with Gasteiger partial charge in [-0.25, -0.2) is 9.59 Å². The lowest BCUT2D eigenvalue weighted by atomic mass is 9.78. The lowest BCUT2D eigenvalue weighted by Crippen LogP contribution is -2.49. The molecule has 2 aliphatic heterocycles. The second kappa shape index (κ2) is 5.82. The molecule has 2 heterocycles. The quantitative estimate of drug-likeness (QED) is 0.727. The van der Waals surface area contributed by atoms with Crippen molar-refractivity contribution in [2.45, 2.75) is 19.4 Å². The molecule has 1 aliphatic carbocycles. The summed E-state index contributed by atoms with van der Waals surface area (Å²) in [6.07, 6.45) is 0. The van der Waals surface area contributed by atoms with E-state index >= 15 is 0 Å². The summed E-state index contributed by atoms with van der Waals surface area (Å²) in [5.41, 5.74) is 2.01. The van der Waals surface area contributed by atoms with Crippen molar-refractivity contribution >= 4 is 23.4 Å². The van der Waals surface area contributed by atoms with E-state index in [2.05, 4.69) is 0 Å². The molecule has 0 aromatic heterocycles. The lowest BCUT2D eigenvalue weighted by Gasteiger charge is -2.41. The number of ether oxygens (including phenoxy) is 3. The van der Waals surface area contributed by atoms with Crippen molar-refractivity contribution in [1.82, 2.24) is 4.90 Å². The number of methoxy groups -OCH3 is 2. The zero-order valence-corrected chi connectivity index (χ0v) is 16.2. The topological polar surface area (TPSA) is 82.1 Å². The summed E-state index contributed by atoms with van der Waals surface area (Å²) in [7, 11) is 4.23. The second-order valence-corrected chi connectivity index (χ2v) is 6.95. The van der Waals surface area contributed by atoms with Gasteiger partial charge in [0.1, 0.15) is 16.9 Å². The molecular weight excluding hydrogens is 362 g/mol. The number of rotatable bonds is 2. The third kappa shape index (κ3) is 1.96. The van der Waals surface area contributed by atoms with Crippen molar-refractivity contribution < 1.29 is 28.6 Å². The van der Waals surface area contributed by atoms with E-state index in [1.807, 2.05) is 23.1 Å². The maximum atomic E-state index is 13.2. The van der Waals surface area contributed by atoms with E-state index in [0.717, 1.165) is 5.56 Å². The van der Waals surface area contributed by atoms with Crippen molar-refractivity contribution in [1.29, 1.82) is 0 Å². The Hall–Kier alpha value is -3.35. The number of Topliss-reactive ketones (excluding diaryl/α,β-unsaturated/α-hetero) is 1. The van der Waals surface area contributed by atoms with Gasteiger partial charge in [-0.1, -0.05) is 24.3 Å². The normalized spacial score (nSPS) is 22.8. The number of carbonyl (C=O) groups is 3. The Labute approximate surface area is 161 Å². The van der Waals surface area contributed by atoms with E-state index in [9.17, 15) is 14.4 Å². The predicted octanol–water partition coefficient (Wildman–Crippen LogP) is 2.20. The molecule has 0 saturated carbocycles. The van der Waals surface area contributed by atoms with Gasteiger partial charge in [0.15, 0.2) is 5.78 Å². The van der Waals surface area contributed by atoms with Crippen LogP contribution in [0.15, 0.2) is 52.5 Å². The van der Waals surface area contributed by atoms with Crippen LogP contribution < -0.4 is 0 Å². The molecule has 1 unspecified atom stereocenters. The van der Waals surface area contributed by atoms with E-state index in [4.69, 9.17) is 14.2 Å². The monoisotopic (exact) mass is 381 g/mol. The zero-order valence-electron chi connectivity index (χ0n) is 16.2. The van der Waals surface area contributed by atoms with Crippen LogP contribution in [0.2, 0.25) is 0 Å². The fourth-order valence-electron chi connectivity index (χ4n) is 4.40. The Kier molecular flexibility index (Phi) is 3.75. The molecule has 0 saturated heterocycles. The summed E-state index contributed by atoms with van der Waals surface area (Å²) in [6.45, 7) is 3.45. The number of hydrogen-bond donors (Lipinski definition) is 0. The highest BCUT2D eigenvalue weighted by atomic mass is 16.6. The fourth-order valence-corrected chi connectivity index (χ4v) is 4.40. The van der Waals surface area contributed by atoms with Crippen LogP contribution in [-0.4, -0.2) is 49.4 Å². The second-order valence-electron chi connectivity index (χ2n) is 6.95. The molecule has 7 nitrogen and oxygen atoms in total. The summed E-state index contributed by atoms with van der Waals surface area (Å²) in [6, 6.07) is 7.31. The SMILES string of the molecule is COC(=O)C1=C(C(=O)OC)C2(C)C(=C(C)O1)C1=C(c3ccccc3C1=O)N2C. The summed E-state index contributed by atoms with van der Waals surface area (Å²) < 4.78 is 15.5. The Bertz CT molecular complexity index is 1060. The van der Waals surface area contributed by atoms with E-state index < -0.39 is 17.5 Å². The minimum absolute atomic E-state index is 0.00429. The Balaban J connectivity index is 2.01. The predicted molar refractivity (Wildman–Crippen MR) is 98.7 cm³/mol. The molecule has 3 aliphatic rings. The number of likely N-dealkylation sites (N-methyl/N-ethyl adjacent to an activating group) is 1. The van der Waals surface area contributed by atoms with E-state index in [-0.39, 0.29) is 17.1 Å². The molecule has 0 spiro atoms. The molecule has 4 rings (SSSR count). The maximum absolute atomic E-state index is 13.2. The largest absolute Gasteiger partial charge is 0.465 e. The molecule has 1 aromatic carbocycles. The van der Waals surface area contributed by atoms with Crippen LogP contribution in [0, 0.1) is 0 Å². The van der Waals surface area contributed by atoms with E-state index in [0.29, 0.717) is 28.2 Å². The van der Waals surface area contributed by atoms with Gasteiger partial charge in [-0.3, -0.25) is 4.79 Å². The van der Waals surface area contributed by atoms with Gasteiger partial charge < -0.3 is 19.1 Å². The van der Waals surface area contributed by atoms with Crippen LogP contribution in [0.4, 0.5) is 0 Å². The molecule has 1 atom stereocenters. The van der Waals surface area contributed by atoms with Gasteiger partial charge in [0.05, 0.1) is 25.5 Å². The number of carbonyl (C=O) groups excluding carboxylic acids is 3. The first-order valence-electron chi connectivity index (χ1n) is 8.72. The number of ketones is 1. The van der Waals surface area contributed by atoms with Crippen molar-refractivity contribution in [3.05, 3.63) is 63.6 Å². The van der Waals surface area contributed by atoms with Gasteiger partial charge in [0.25, 0.3) is 0 Å². The van der Waals surface area contributed by atoms with Gasteiger partial charge in [0, 0.05) is 23.7 Å². The number of nitrogens with zero attached hydrogens (tertiary/aromatic N) is 1. The molecule has 1 aromatic rings. The smallest absolute Gasteiger partial charge is 0.374 e. The number of esters is 2. The number of fused-ring (bicyclic) bond motifs is 4. The molecule has 0 radical (unpaired) electrons. The maximum Gasteiger partial charge on any atom is 0.374 e. The third-order valence-corrected chi connectivity index (χ3v) is 5.72. The molecule has 7 heteroatoms. The van der Waals surface area contributed by atoms with Crippen LogP contribution in [0.1, 0.15) is 29.8 Å². The van der Waals surface area contributed by atoms with Gasteiger partial charge in [0.2, 0.25) is 5.76 Å². The highest BCUT2D eigenvalue weighted by molar-refractivity contribution is 6.25. The average molecular weight is 381 g/mol. The van der Waals surface area contributed by atoms with Crippen molar-refractivity contribution in [3.8, 4) is 0 Å². The summed E-state index contributed by atoms with van der Waals surface area (Å²) in [5.74, 6) is -1.50. The van der Waals surface area contributed by atoms with Crippen LogP contribution in [-0.2, 0) is 23.8 Å². The molecule has 28 heavy (non-hydrogen) atoms. The van der Waals surface area contributed by atoms with Gasteiger partial charge in [-0.05, 0) is 13.8 Å². The van der Waals surface area contributed by atoms with Crippen LogP contribution in [0.3, 0.4) is 0 Å². The number of allylic oxidation sites excluding steroid dienone is 1. The minimum atomic E-state index is -1.12. The van der Waals surface area contributed by atoms with Crippen LogP contribution >= 0.6 is 0 Å². The average Bonchev–Trinajstić information content (AvgIpc) is 3.11. The van der Waals surface area contributed by atoms with Crippen LogP contribution in [0.25, 0.3) is 5.70 Å². The first-order chi connectivity index (χ1) is 13.3. The molecule has 0 fully saturated rings. The van der Waals surface area contributed by atoms with Gasteiger partial charge >= 0.3 is 11.9 Å². The minimum Gasteiger partial charge on any atom is -0.465 e. The van der Waals surface area contributed by atoms with Crippen molar-refractivity contribution in [2.24, 2.45) is 0 Å². The Morgan fingerprint density at radius 2 is 1.68 bits per heavy atom. The van der Waals surface area contributed by atoms with Gasteiger partial charge in [-0.15, -0.1) is 0 Å². The zero-order chi connectivity index (χ0) is 20.4. The fraction of sp³-hybridized carbons (Fsp3) is 0.286. The number of benzene rings is 1. The van der Waals surface area contributed by atoms with Crippen molar-refractivity contribution in [2.75, 3.05) is 21.3 Å². The molecule has 144 valence electrons. The molecule has 0 amide bonds. The highest BCUT2D eigenvalue weighted by Crippen LogP contribution is 2.56. The highest BCUT2D eigenvalue weighted by Gasteiger charge is 2.58. The summed E-state index contributed by atoms with van der Waals surface area (Å²) in [5, 5.41) is 0. The van der Waals surface area contributed by atoms with Gasteiger partial charge in [-0.2, -0.15) is 0 Å². The summed E-state index contributed by atoms with van der Waals surface area (Å²) in [4.78, 5) is 40.1. The first kappa shape index (κ1) is 18.0. The van der Waals surface area contributed by atoms with Crippen LogP contribution in [0.5, 0.6) is 0 Å². The third-order valence-electron chi connectivity index (χ3n) is 5.72. The first-order valence-corrected chi connectivity index (χ1v) is 8.72. The summed E-state index contributed by atoms with van der Waals surface area (Å²) >= 11 is 0. The van der Waals surface area contributed by atoms with E-state index in [1.165, 1.54) is 14.2 Å².